The summed E-state index contributed by atoms with van der Waals surface area (Å²) in [5.41, 5.74) is 0. The fraction of sp³-hybridized carbons (Fsp3) is 0.917. The van der Waals surface area contributed by atoms with Crippen molar-refractivity contribution in [3.63, 3.8) is 0 Å². The molecule has 1 saturated heterocycles. The summed E-state index contributed by atoms with van der Waals surface area (Å²) in [6.45, 7) is 15.5. The summed E-state index contributed by atoms with van der Waals surface area (Å²) < 4.78 is 0. The van der Waals surface area contributed by atoms with Gasteiger partial charge in [0.25, 0.3) is 0 Å². The highest BCUT2D eigenvalue weighted by Gasteiger charge is 2.19. The first-order chi connectivity index (χ1) is 6.72. The standard InChI is InChI=1S/C12H22N2/c1-11(2)10-12-4-7-14(8-5-12)9-6-13-3/h11-12H,4-10H2,1-2H3. The molecule has 0 spiro atoms. The van der Waals surface area contributed by atoms with Crippen molar-refractivity contribution in [1.29, 1.82) is 0 Å². The molecule has 0 saturated carbocycles. The molecule has 0 aromatic carbocycles. The van der Waals surface area contributed by atoms with E-state index in [4.69, 9.17) is 6.57 Å². The minimum Gasteiger partial charge on any atom is -0.316 e. The molecule has 80 valence electrons. The highest BCUT2D eigenvalue weighted by atomic mass is 15.1. The maximum atomic E-state index is 6.75. The van der Waals surface area contributed by atoms with Crippen molar-refractivity contribution in [2.45, 2.75) is 33.1 Å². The molecular weight excluding hydrogens is 172 g/mol. The van der Waals surface area contributed by atoms with Crippen LogP contribution >= 0.6 is 0 Å². The first-order valence-corrected chi connectivity index (χ1v) is 5.78. The monoisotopic (exact) mass is 194 g/mol. The van der Waals surface area contributed by atoms with E-state index in [0.29, 0.717) is 6.54 Å². The van der Waals surface area contributed by atoms with Gasteiger partial charge in [0.1, 0.15) is 0 Å². The normalized spacial score (nSPS) is 19.9. The van der Waals surface area contributed by atoms with Gasteiger partial charge < -0.3 is 4.85 Å². The van der Waals surface area contributed by atoms with Gasteiger partial charge in [0.05, 0.1) is 6.54 Å². The molecule has 2 heteroatoms. The molecule has 1 aliphatic rings. The van der Waals surface area contributed by atoms with Crippen LogP contribution in [-0.2, 0) is 0 Å². The Bertz CT molecular complexity index is 185. The largest absolute Gasteiger partial charge is 0.316 e. The quantitative estimate of drug-likeness (QED) is 0.624. The summed E-state index contributed by atoms with van der Waals surface area (Å²) in [5.74, 6) is 1.79. The molecule has 0 aliphatic carbocycles. The van der Waals surface area contributed by atoms with E-state index in [1.807, 2.05) is 0 Å². The van der Waals surface area contributed by atoms with Crippen molar-refractivity contribution in [3.05, 3.63) is 11.4 Å². The zero-order valence-corrected chi connectivity index (χ0v) is 9.50. The van der Waals surface area contributed by atoms with Gasteiger partial charge in [-0.2, -0.15) is 0 Å². The third kappa shape index (κ3) is 4.11. The predicted octanol–water partition coefficient (Wildman–Crippen LogP) is 2.66. The van der Waals surface area contributed by atoms with Crippen molar-refractivity contribution in [1.82, 2.24) is 4.90 Å². The van der Waals surface area contributed by atoms with Gasteiger partial charge in [0.2, 0.25) is 6.54 Å². The number of piperidine rings is 1. The van der Waals surface area contributed by atoms with Crippen LogP contribution in [0.5, 0.6) is 0 Å². The summed E-state index contributed by atoms with van der Waals surface area (Å²) in [6.07, 6.45) is 4.07. The fourth-order valence-electron chi connectivity index (χ4n) is 2.30. The van der Waals surface area contributed by atoms with Crippen LogP contribution < -0.4 is 0 Å². The zero-order valence-electron chi connectivity index (χ0n) is 9.50. The van der Waals surface area contributed by atoms with E-state index in [0.717, 1.165) is 18.4 Å². The van der Waals surface area contributed by atoms with Crippen molar-refractivity contribution < 1.29 is 0 Å². The molecule has 0 amide bonds. The van der Waals surface area contributed by atoms with Crippen LogP contribution in [0.4, 0.5) is 0 Å². The lowest BCUT2D eigenvalue weighted by Crippen LogP contribution is -2.35. The van der Waals surface area contributed by atoms with Gasteiger partial charge in [-0.1, -0.05) is 13.8 Å². The Hall–Kier alpha value is -0.550. The molecule has 0 aromatic rings. The average Bonchev–Trinajstić information content (AvgIpc) is 2.16. The van der Waals surface area contributed by atoms with Crippen LogP contribution in [-0.4, -0.2) is 31.1 Å². The van der Waals surface area contributed by atoms with Gasteiger partial charge in [-0.15, -0.1) is 0 Å². The number of hydrogen-bond donors (Lipinski definition) is 0. The Morgan fingerprint density at radius 2 is 2.00 bits per heavy atom. The number of hydrogen-bond acceptors (Lipinski definition) is 1. The van der Waals surface area contributed by atoms with E-state index in [2.05, 4.69) is 23.6 Å². The van der Waals surface area contributed by atoms with Crippen LogP contribution in [0, 0.1) is 18.4 Å². The molecule has 1 aliphatic heterocycles. The van der Waals surface area contributed by atoms with Crippen molar-refractivity contribution in [3.8, 4) is 0 Å². The second-order valence-corrected chi connectivity index (χ2v) is 4.80. The van der Waals surface area contributed by atoms with Gasteiger partial charge >= 0.3 is 0 Å². The molecule has 0 aromatic heterocycles. The van der Waals surface area contributed by atoms with Gasteiger partial charge in [-0.3, -0.25) is 4.90 Å². The molecule has 0 unspecified atom stereocenters. The first kappa shape index (κ1) is 11.5. The Kier molecular flexibility index (Phi) is 4.97. The third-order valence-corrected chi connectivity index (χ3v) is 3.04. The summed E-state index contributed by atoms with van der Waals surface area (Å²) in [7, 11) is 0. The second-order valence-electron chi connectivity index (χ2n) is 4.80. The topological polar surface area (TPSA) is 7.60 Å². The highest BCUT2D eigenvalue weighted by Crippen LogP contribution is 2.23. The lowest BCUT2D eigenvalue weighted by atomic mass is 9.89. The van der Waals surface area contributed by atoms with E-state index < -0.39 is 0 Å². The second kappa shape index (κ2) is 6.03. The molecule has 0 bridgehead atoms. The van der Waals surface area contributed by atoms with E-state index in [-0.39, 0.29) is 0 Å². The maximum Gasteiger partial charge on any atom is 0.227 e. The van der Waals surface area contributed by atoms with E-state index in [9.17, 15) is 0 Å². The van der Waals surface area contributed by atoms with Gasteiger partial charge in [-0.25, -0.2) is 6.57 Å². The highest BCUT2D eigenvalue weighted by molar-refractivity contribution is 4.75. The number of likely N-dealkylation sites (tertiary alicyclic amines) is 1. The first-order valence-electron chi connectivity index (χ1n) is 5.78. The molecule has 14 heavy (non-hydrogen) atoms. The van der Waals surface area contributed by atoms with Crippen LogP contribution in [0.15, 0.2) is 0 Å². The molecule has 1 rings (SSSR count). The Morgan fingerprint density at radius 3 is 2.50 bits per heavy atom. The van der Waals surface area contributed by atoms with E-state index >= 15 is 0 Å². The minimum absolute atomic E-state index is 0.675. The van der Waals surface area contributed by atoms with Crippen LogP contribution in [0.2, 0.25) is 0 Å². The molecule has 0 atom stereocenters. The fourth-order valence-corrected chi connectivity index (χ4v) is 2.30. The molecule has 2 nitrogen and oxygen atoms in total. The summed E-state index contributed by atoms with van der Waals surface area (Å²) in [5, 5.41) is 0. The number of rotatable bonds is 4. The van der Waals surface area contributed by atoms with Gasteiger partial charge in [-0.05, 0) is 44.2 Å². The Morgan fingerprint density at radius 1 is 1.36 bits per heavy atom. The van der Waals surface area contributed by atoms with Gasteiger partial charge in [0, 0.05) is 0 Å². The SMILES string of the molecule is [C-]#[N+]CCN1CCC(CC(C)C)CC1. The smallest absolute Gasteiger partial charge is 0.227 e. The molecule has 1 fully saturated rings. The minimum atomic E-state index is 0.675. The van der Waals surface area contributed by atoms with Crippen LogP contribution in [0.3, 0.4) is 0 Å². The summed E-state index contributed by atoms with van der Waals surface area (Å²) in [4.78, 5) is 5.84. The molecule has 0 N–H and O–H groups in total. The third-order valence-electron chi connectivity index (χ3n) is 3.04. The molecular formula is C12H22N2. The van der Waals surface area contributed by atoms with Gasteiger partial charge in [0.15, 0.2) is 0 Å². The Balaban J connectivity index is 2.15. The lowest BCUT2D eigenvalue weighted by Gasteiger charge is -2.31. The predicted molar refractivity (Wildman–Crippen MR) is 60.1 cm³/mol. The number of nitrogens with zero attached hydrogens (tertiary/aromatic N) is 2. The maximum absolute atomic E-state index is 6.75. The average molecular weight is 194 g/mol. The zero-order chi connectivity index (χ0) is 10.4. The van der Waals surface area contributed by atoms with Crippen molar-refractivity contribution >= 4 is 0 Å². The molecule has 1 heterocycles. The van der Waals surface area contributed by atoms with Crippen molar-refractivity contribution in [2.75, 3.05) is 26.2 Å². The van der Waals surface area contributed by atoms with Crippen molar-refractivity contribution in [2.24, 2.45) is 11.8 Å². The molecule has 0 radical (unpaired) electrons. The summed E-state index contributed by atoms with van der Waals surface area (Å²) >= 11 is 0. The lowest BCUT2D eigenvalue weighted by molar-refractivity contribution is 0.177. The van der Waals surface area contributed by atoms with Crippen LogP contribution in [0.1, 0.15) is 33.1 Å². The Labute approximate surface area is 88.1 Å². The van der Waals surface area contributed by atoms with E-state index in [1.54, 1.807) is 0 Å². The van der Waals surface area contributed by atoms with Crippen LogP contribution in [0.25, 0.3) is 4.85 Å². The summed E-state index contributed by atoms with van der Waals surface area (Å²) in [6, 6.07) is 0. The van der Waals surface area contributed by atoms with E-state index in [1.165, 1.54) is 32.4 Å².